The van der Waals surface area contributed by atoms with Gasteiger partial charge in [-0.25, -0.2) is 0 Å². The third kappa shape index (κ3) is 11.1. The summed E-state index contributed by atoms with van der Waals surface area (Å²) in [5.41, 5.74) is 0. The number of aliphatic hydroxyl groups excluding tert-OH is 1. The SMILES string of the molecule is CCCCCCCCC#C[C@H](O)CCCOC1CCCCO1. The van der Waals surface area contributed by atoms with E-state index in [9.17, 15) is 5.11 Å². The third-order valence-electron chi connectivity index (χ3n) is 3.99. The van der Waals surface area contributed by atoms with Crippen molar-refractivity contribution < 1.29 is 14.6 Å². The van der Waals surface area contributed by atoms with E-state index >= 15 is 0 Å². The maximum atomic E-state index is 9.80. The van der Waals surface area contributed by atoms with Crippen molar-refractivity contribution in [2.45, 2.75) is 96.4 Å². The Labute approximate surface area is 136 Å². The lowest BCUT2D eigenvalue weighted by atomic mass is 10.1. The predicted molar refractivity (Wildman–Crippen MR) is 90.6 cm³/mol. The molecule has 1 unspecified atom stereocenters. The molecule has 1 aliphatic heterocycles. The molecule has 3 heteroatoms. The van der Waals surface area contributed by atoms with E-state index < -0.39 is 6.10 Å². The van der Waals surface area contributed by atoms with E-state index in [1.54, 1.807) is 0 Å². The Morgan fingerprint density at radius 1 is 1.14 bits per heavy atom. The maximum absolute atomic E-state index is 9.80. The van der Waals surface area contributed by atoms with E-state index in [-0.39, 0.29) is 6.29 Å². The lowest BCUT2D eigenvalue weighted by molar-refractivity contribution is -0.163. The van der Waals surface area contributed by atoms with Crippen LogP contribution in [-0.4, -0.2) is 30.7 Å². The molecule has 0 aromatic heterocycles. The summed E-state index contributed by atoms with van der Waals surface area (Å²) in [4.78, 5) is 0. The molecule has 0 aromatic rings. The van der Waals surface area contributed by atoms with E-state index in [4.69, 9.17) is 9.47 Å². The summed E-state index contributed by atoms with van der Waals surface area (Å²) in [5.74, 6) is 6.04. The average Bonchev–Trinajstić information content (AvgIpc) is 2.55. The Balaban J connectivity index is 1.90. The molecule has 0 spiro atoms. The quantitative estimate of drug-likeness (QED) is 0.453. The lowest BCUT2D eigenvalue weighted by Gasteiger charge is -2.22. The van der Waals surface area contributed by atoms with Crippen LogP contribution in [0.15, 0.2) is 0 Å². The summed E-state index contributed by atoms with van der Waals surface area (Å²) in [6.07, 6.45) is 13.0. The monoisotopic (exact) mass is 310 g/mol. The summed E-state index contributed by atoms with van der Waals surface area (Å²) in [6, 6.07) is 0. The average molecular weight is 310 g/mol. The van der Waals surface area contributed by atoms with Crippen molar-refractivity contribution in [3.63, 3.8) is 0 Å². The van der Waals surface area contributed by atoms with Crippen molar-refractivity contribution in [1.82, 2.24) is 0 Å². The van der Waals surface area contributed by atoms with Crippen LogP contribution in [0.25, 0.3) is 0 Å². The van der Waals surface area contributed by atoms with Crippen molar-refractivity contribution in [3.05, 3.63) is 0 Å². The molecular formula is C19H34O3. The second kappa shape index (κ2) is 14.1. The van der Waals surface area contributed by atoms with E-state index in [1.807, 2.05) is 0 Å². The number of unbranched alkanes of at least 4 members (excludes halogenated alkanes) is 6. The van der Waals surface area contributed by atoms with Crippen molar-refractivity contribution in [1.29, 1.82) is 0 Å². The van der Waals surface area contributed by atoms with Gasteiger partial charge in [0.15, 0.2) is 6.29 Å². The molecule has 0 bridgehead atoms. The Morgan fingerprint density at radius 3 is 2.73 bits per heavy atom. The predicted octanol–water partition coefficient (Wildman–Crippen LogP) is 4.42. The first kappa shape index (κ1) is 19.5. The van der Waals surface area contributed by atoms with Crippen molar-refractivity contribution in [2.24, 2.45) is 0 Å². The Morgan fingerprint density at radius 2 is 1.95 bits per heavy atom. The van der Waals surface area contributed by atoms with Crippen molar-refractivity contribution >= 4 is 0 Å². The van der Waals surface area contributed by atoms with Crippen LogP contribution in [0.2, 0.25) is 0 Å². The number of rotatable bonds is 11. The Kier molecular flexibility index (Phi) is 12.5. The van der Waals surface area contributed by atoms with Crippen molar-refractivity contribution in [3.8, 4) is 11.8 Å². The van der Waals surface area contributed by atoms with Crippen LogP contribution < -0.4 is 0 Å². The highest BCUT2D eigenvalue weighted by molar-refractivity contribution is 5.04. The zero-order valence-electron chi connectivity index (χ0n) is 14.3. The second-order valence-corrected chi connectivity index (χ2v) is 6.16. The fourth-order valence-corrected chi connectivity index (χ4v) is 2.59. The van der Waals surface area contributed by atoms with E-state index in [2.05, 4.69) is 18.8 Å². The summed E-state index contributed by atoms with van der Waals surface area (Å²) < 4.78 is 11.1. The number of hydrogen-bond donors (Lipinski definition) is 1. The molecule has 0 saturated carbocycles. The van der Waals surface area contributed by atoms with Gasteiger partial charge >= 0.3 is 0 Å². The van der Waals surface area contributed by atoms with Crippen LogP contribution in [0.3, 0.4) is 0 Å². The highest BCUT2D eigenvalue weighted by Crippen LogP contribution is 2.14. The van der Waals surface area contributed by atoms with Gasteiger partial charge < -0.3 is 14.6 Å². The topological polar surface area (TPSA) is 38.7 Å². The first-order valence-corrected chi connectivity index (χ1v) is 9.22. The number of ether oxygens (including phenoxy) is 2. The molecule has 0 aromatic carbocycles. The van der Waals surface area contributed by atoms with Crippen LogP contribution in [0.1, 0.15) is 84.0 Å². The summed E-state index contributed by atoms with van der Waals surface area (Å²) >= 11 is 0. The smallest absolute Gasteiger partial charge is 0.157 e. The molecule has 0 aliphatic carbocycles. The molecule has 1 saturated heterocycles. The molecular weight excluding hydrogens is 276 g/mol. The van der Waals surface area contributed by atoms with Crippen LogP contribution >= 0.6 is 0 Å². The van der Waals surface area contributed by atoms with Gasteiger partial charge in [0.1, 0.15) is 6.10 Å². The van der Waals surface area contributed by atoms with Crippen LogP contribution in [0, 0.1) is 11.8 Å². The van der Waals surface area contributed by atoms with Gasteiger partial charge in [0.05, 0.1) is 0 Å². The van der Waals surface area contributed by atoms with Gasteiger partial charge in [-0.05, 0) is 38.5 Å². The van der Waals surface area contributed by atoms with Gasteiger partial charge in [-0.15, -0.1) is 5.92 Å². The first-order valence-electron chi connectivity index (χ1n) is 9.22. The van der Waals surface area contributed by atoms with E-state index in [1.165, 1.54) is 38.5 Å². The van der Waals surface area contributed by atoms with Crippen LogP contribution in [0.4, 0.5) is 0 Å². The fourth-order valence-electron chi connectivity index (χ4n) is 2.59. The minimum atomic E-state index is -0.504. The third-order valence-corrected chi connectivity index (χ3v) is 3.99. The first-order chi connectivity index (χ1) is 10.8. The normalized spacial score (nSPS) is 19.5. The molecule has 3 nitrogen and oxygen atoms in total. The maximum Gasteiger partial charge on any atom is 0.157 e. The highest BCUT2D eigenvalue weighted by atomic mass is 16.7. The number of aliphatic hydroxyl groups is 1. The van der Waals surface area contributed by atoms with Crippen LogP contribution in [0.5, 0.6) is 0 Å². The Hall–Kier alpha value is -0.560. The minimum absolute atomic E-state index is 0.0234. The largest absolute Gasteiger partial charge is 0.380 e. The van der Waals surface area contributed by atoms with Gasteiger partial charge in [0.2, 0.25) is 0 Å². The van der Waals surface area contributed by atoms with Gasteiger partial charge in [-0.2, -0.15) is 0 Å². The lowest BCUT2D eigenvalue weighted by Crippen LogP contribution is -2.22. The molecule has 22 heavy (non-hydrogen) atoms. The molecule has 1 heterocycles. The second-order valence-electron chi connectivity index (χ2n) is 6.16. The van der Waals surface area contributed by atoms with E-state index in [0.717, 1.165) is 38.7 Å². The van der Waals surface area contributed by atoms with E-state index in [0.29, 0.717) is 13.0 Å². The molecule has 128 valence electrons. The summed E-state index contributed by atoms with van der Waals surface area (Å²) in [5, 5.41) is 9.80. The molecule has 1 N–H and O–H groups in total. The fraction of sp³-hybridized carbons (Fsp3) is 0.895. The van der Waals surface area contributed by atoms with Gasteiger partial charge in [-0.1, -0.05) is 44.9 Å². The highest BCUT2D eigenvalue weighted by Gasteiger charge is 2.13. The zero-order valence-corrected chi connectivity index (χ0v) is 14.3. The van der Waals surface area contributed by atoms with Gasteiger partial charge in [-0.3, -0.25) is 0 Å². The molecule has 0 radical (unpaired) electrons. The minimum Gasteiger partial charge on any atom is -0.380 e. The molecule has 1 fully saturated rings. The Bertz CT molecular complexity index is 300. The standard InChI is InChI=1S/C19H34O3/c1-2-3-4-5-6-7-8-9-13-18(20)14-12-17-22-19-15-10-11-16-21-19/h18-20H,2-8,10-12,14-17H2,1H3/t18-,19?/m0/s1. The summed E-state index contributed by atoms with van der Waals surface area (Å²) in [7, 11) is 0. The van der Waals surface area contributed by atoms with Crippen molar-refractivity contribution in [2.75, 3.05) is 13.2 Å². The summed E-state index contributed by atoms with van der Waals surface area (Å²) in [6.45, 7) is 3.71. The number of hydrogen-bond acceptors (Lipinski definition) is 3. The molecule has 0 amide bonds. The molecule has 1 aliphatic rings. The molecule has 1 rings (SSSR count). The molecule has 2 atom stereocenters. The van der Waals surface area contributed by atoms with Gasteiger partial charge in [0.25, 0.3) is 0 Å². The van der Waals surface area contributed by atoms with Gasteiger partial charge in [0, 0.05) is 19.6 Å². The zero-order chi connectivity index (χ0) is 15.9. The van der Waals surface area contributed by atoms with Crippen LogP contribution in [-0.2, 0) is 9.47 Å².